The largest absolute Gasteiger partial charge is 0.352 e. The second kappa shape index (κ2) is 12.3. The molecule has 2 amide bonds. The highest BCUT2D eigenvalue weighted by atomic mass is 32.2. The predicted molar refractivity (Wildman–Crippen MR) is 127 cm³/mol. The van der Waals surface area contributed by atoms with E-state index in [0.717, 1.165) is 25.7 Å². The van der Waals surface area contributed by atoms with E-state index in [1.54, 1.807) is 26.0 Å². The molecule has 2 rings (SSSR count). The molecule has 1 atom stereocenters. The molecule has 180 valence electrons. The molecule has 7 nitrogen and oxygen atoms in total. The van der Waals surface area contributed by atoms with Crippen LogP contribution < -0.4 is 10.6 Å². The molecule has 1 aliphatic carbocycles. The number of sulfonamides is 1. The Morgan fingerprint density at radius 1 is 1.03 bits per heavy atom. The maximum Gasteiger partial charge on any atom is 0.251 e. The lowest BCUT2D eigenvalue weighted by Crippen LogP contribution is -2.52. The molecule has 0 aromatic heterocycles. The number of benzene rings is 1. The molecule has 0 saturated heterocycles. The SMILES string of the molecule is CCN(CC)S(=O)(=O)c1cccc(C(=O)NC(C(=O)NC2CCCCCCC2)C(C)C)c1. The second-order valence-corrected chi connectivity index (χ2v) is 10.8. The van der Waals surface area contributed by atoms with E-state index < -0.39 is 22.0 Å². The van der Waals surface area contributed by atoms with E-state index in [1.807, 2.05) is 13.8 Å². The summed E-state index contributed by atoms with van der Waals surface area (Å²) < 4.78 is 27.0. The van der Waals surface area contributed by atoms with Gasteiger partial charge in [0.05, 0.1) is 4.90 Å². The van der Waals surface area contributed by atoms with Crippen LogP contribution >= 0.6 is 0 Å². The van der Waals surface area contributed by atoms with Crippen LogP contribution in [-0.2, 0) is 14.8 Å². The molecule has 0 heterocycles. The molecule has 2 N–H and O–H groups in total. The molecule has 32 heavy (non-hydrogen) atoms. The maximum absolute atomic E-state index is 13.0. The van der Waals surface area contributed by atoms with Gasteiger partial charge < -0.3 is 10.6 Å². The van der Waals surface area contributed by atoms with Crippen molar-refractivity contribution in [3.05, 3.63) is 29.8 Å². The summed E-state index contributed by atoms with van der Waals surface area (Å²) in [4.78, 5) is 26.0. The van der Waals surface area contributed by atoms with Gasteiger partial charge in [0.25, 0.3) is 5.91 Å². The van der Waals surface area contributed by atoms with Crippen LogP contribution in [0.5, 0.6) is 0 Å². The Balaban J connectivity index is 2.13. The fraction of sp³-hybridized carbons (Fsp3) is 0.667. The molecule has 1 aromatic rings. The summed E-state index contributed by atoms with van der Waals surface area (Å²) in [6, 6.07) is 5.46. The zero-order valence-electron chi connectivity index (χ0n) is 19.9. The third-order valence-electron chi connectivity index (χ3n) is 6.13. The van der Waals surface area contributed by atoms with Gasteiger partial charge >= 0.3 is 0 Å². The van der Waals surface area contributed by atoms with E-state index in [2.05, 4.69) is 10.6 Å². The van der Waals surface area contributed by atoms with Gasteiger partial charge in [0.2, 0.25) is 15.9 Å². The zero-order chi connectivity index (χ0) is 23.7. The maximum atomic E-state index is 13.0. The van der Waals surface area contributed by atoms with E-state index in [0.29, 0.717) is 13.1 Å². The van der Waals surface area contributed by atoms with Crippen molar-refractivity contribution in [3.63, 3.8) is 0 Å². The van der Waals surface area contributed by atoms with E-state index >= 15 is 0 Å². The Hall–Kier alpha value is -1.93. The van der Waals surface area contributed by atoms with Crippen molar-refractivity contribution in [3.8, 4) is 0 Å². The van der Waals surface area contributed by atoms with Crippen molar-refractivity contribution in [2.24, 2.45) is 5.92 Å². The van der Waals surface area contributed by atoms with Crippen LogP contribution in [0.3, 0.4) is 0 Å². The third kappa shape index (κ3) is 7.04. The van der Waals surface area contributed by atoms with Gasteiger partial charge in [0.1, 0.15) is 6.04 Å². The number of nitrogens with zero attached hydrogens (tertiary/aromatic N) is 1. The standard InChI is InChI=1S/C24H39N3O4S/c1-5-27(6-2)32(30,31)21-16-12-13-19(17-21)23(28)26-22(18(3)4)24(29)25-20-14-10-8-7-9-11-15-20/h12-13,16-18,20,22H,5-11,14-15H2,1-4H3,(H,25,29)(H,26,28). The Morgan fingerprint density at radius 3 is 2.19 bits per heavy atom. The molecule has 0 bridgehead atoms. The highest BCUT2D eigenvalue weighted by Crippen LogP contribution is 2.19. The topological polar surface area (TPSA) is 95.6 Å². The second-order valence-electron chi connectivity index (χ2n) is 8.86. The van der Waals surface area contributed by atoms with Crippen molar-refractivity contribution in [1.82, 2.24) is 14.9 Å². The van der Waals surface area contributed by atoms with Gasteiger partial charge in [-0.25, -0.2) is 8.42 Å². The van der Waals surface area contributed by atoms with Crippen LogP contribution in [0.2, 0.25) is 0 Å². The van der Waals surface area contributed by atoms with Crippen LogP contribution in [0.1, 0.15) is 83.0 Å². The number of carbonyl (C=O) groups is 2. The number of rotatable bonds is 9. The first-order valence-corrected chi connectivity index (χ1v) is 13.4. The van der Waals surface area contributed by atoms with Crippen molar-refractivity contribution >= 4 is 21.8 Å². The normalized spacial score (nSPS) is 16.9. The lowest BCUT2D eigenvalue weighted by Gasteiger charge is -2.26. The summed E-state index contributed by atoms with van der Waals surface area (Å²) in [5.41, 5.74) is 0.225. The fourth-order valence-corrected chi connectivity index (χ4v) is 5.67. The lowest BCUT2D eigenvalue weighted by atomic mass is 9.95. The van der Waals surface area contributed by atoms with Crippen LogP contribution in [-0.4, -0.2) is 49.7 Å². The molecule has 1 saturated carbocycles. The molecule has 1 unspecified atom stereocenters. The molecular weight excluding hydrogens is 426 g/mol. The van der Waals surface area contributed by atoms with Gasteiger partial charge in [0, 0.05) is 24.7 Å². The summed E-state index contributed by atoms with van der Waals surface area (Å²) in [5, 5.41) is 5.96. The van der Waals surface area contributed by atoms with Gasteiger partial charge in [-0.1, -0.05) is 65.9 Å². The van der Waals surface area contributed by atoms with Crippen molar-refractivity contribution in [2.75, 3.05) is 13.1 Å². The molecule has 0 radical (unpaired) electrons. The first-order valence-electron chi connectivity index (χ1n) is 11.9. The number of carbonyl (C=O) groups excluding carboxylic acids is 2. The van der Waals surface area contributed by atoms with Gasteiger partial charge in [-0.3, -0.25) is 9.59 Å². The van der Waals surface area contributed by atoms with Crippen LogP contribution in [0.25, 0.3) is 0 Å². The Morgan fingerprint density at radius 2 is 1.62 bits per heavy atom. The minimum absolute atomic E-state index is 0.0777. The minimum Gasteiger partial charge on any atom is -0.352 e. The molecule has 0 spiro atoms. The van der Waals surface area contributed by atoms with E-state index in [9.17, 15) is 18.0 Å². The van der Waals surface area contributed by atoms with Crippen LogP contribution in [0, 0.1) is 5.92 Å². The molecule has 1 aromatic carbocycles. The average Bonchev–Trinajstić information content (AvgIpc) is 2.74. The van der Waals surface area contributed by atoms with Gasteiger partial charge in [0.15, 0.2) is 0 Å². The molecule has 1 aliphatic rings. The van der Waals surface area contributed by atoms with Gasteiger partial charge in [-0.05, 0) is 37.0 Å². The molecular formula is C24H39N3O4S. The highest BCUT2D eigenvalue weighted by molar-refractivity contribution is 7.89. The first-order chi connectivity index (χ1) is 15.2. The van der Waals surface area contributed by atoms with E-state index in [4.69, 9.17) is 0 Å². The Bertz CT molecular complexity index is 858. The predicted octanol–water partition coefficient (Wildman–Crippen LogP) is 3.70. The quantitative estimate of drug-likeness (QED) is 0.581. The fourth-order valence-electron chi connectivity index (χ4n) is 4.16. The summed E-state index contributed by atoms with van der Waals surface area (Å²) in [5.74, 6) is -0.728. The number of nitrogens with one attached hydrogen (secondary N) is 2. The lowest BCUT2D eigenvalue weighted by molar-refractivity contribution is -0.124. The van der Waals surface area contributed by atoms with Crippen LogP contribution in [0.4, 0.5) is 0 Å². The number of hydrogen-bond donors (Lipinski definition) is 2. The molecule has 8 heteroatoms. The summed E-state index contributed by atoms with van der Waals surface area (Å²) in [6.07, 6.45) is 7.81. The first kappa shape index (κ1) is 26.3. The van der Waals surface area contributed by atoms with E-state index in [-0.39, 0.29) is 28.3 Å². The molecule has 1 fully saturated rings. The van der Waals surface area contributed by atoms with Crippen LogP contribution in [0.15, 0.2) is 29.2 Å². The summed E-state index contributed by atoms with van der Waals surface area (Å²) >= 11 is 0. The number of amides is 2. The third-order valence-corrected chi connectivity index (χ3v) is 8.17. The number of hydrogen-bond acceptors (Lipinski definition) is 4. The monoisotopic (exact) mass is 465 g/mol. The van der Waals surface area contributed by atoms with Gasteiger partial charge in [-0.2, -0.15) is 4.31 Å². The average molecular weight is 466 g/mol. The Kier molecular flexibility index (Phi) is 10.2. The van der Waals surface area contributed by atoms with Crippen molar-refractivity contribution < 1.29 is 18.0 Å². The highest BCUT2D eigenvalue weighted by Gasteiger charge is 2.28. The van der Waals surface area contributed by atoms with Crippen molar-refractivity contribution in [2.45, 2.75) is 89.6 Å². The Labute approximate surface area is 193 Å². The minimum atomic E-state index is -3.67. The van der Waals surface area contributed by atoms with E-state index in [1.165, 1.54) is 35.7 Å². The molecule has 0 aliphatic heterocycles. The summed E-state index contributed by atoms with van der Waals surface area (Å²) in [6.45, 7) is 8.05. The van der Waals surface area contributed by atoms with Gasteiger partial charge in [-0.15, -0.1) is 0 Å². The smallest absolute Gasteiger partial charge is 0.251 e. The summed E-state index contributed by atoms with van der Waals surface area (Å²) in [7, 11) is -3.67. The van der Waals surface area contributed by atoms with Crippen molar-refractivity contribution in [1.29, 1.82) is 0 Å². The zero-order valence-corrected chi connectivity index (χ0v) is 20.7.